The number of methoxy groups -OCH3 is 1. The number of nitrogens with one attached hydrogen (secondary N) is 1. The Kier molecular flexibility index (Phi) is 8.18. The van der Waals surface area contributed by atoms with Gasteiger partial charge in [-0.1, -0.05) is 53.0 Å². The van der Waals surface area contributed by atoms with Crippen molar-refractivity contribution in [2.45, 2.75) is 110 Å². The van der Waals surface area contributed by atoms with Crippen LogP contribution in [0.4, 0.5) is 0 Å². The van der Waals surface area contributed by atoms with Gasteiger partial charge >= 0.3 is 0 Å². The lowest BCUT2D eigenvalue weighted by Crippen LogP contribution is -2.55. The van der Waals surface area contributed by atoms with Crippen molar-refractivity contribution in [2.75, 3.05) is 7.11 Å². The van der Waals surface area contributed by atoms with Gasteiger partial charge in [-0.3, -0.25) is 4.79 Å². The second-order valence-electron chi connectivity index (χ2n) is 14.1. The second-order valence-corrected chi connectivity index (χ2v) is 15.8. The average Bonchev–Trinajstić information content (AvgIpc) is 3.28. The number of carbonyl (C=O) groups is 1. The van der Waals surface area contributed by atoms with Crippen molar-refractivity contribution in [1.29, 1.82) is 0 Å². The zero-order valence-electron chi connectivity index (χ0n) is 24.9. The van der Waals surface area contributed by atoms with Gasteiger partial charge in [0, 0.05) is 12.5 Å². The van der Waals surface area contributed by atoms with Crippen LogP contribution in [0.5, 0.6) is 5.75 Å². The molecule has 0 radical (unpaired) electrons. The first kappa shape index (κ1) is 29.0. The van der Waals surface area contributed by atoms with E-state index in [-0.39, 0.29) is 11.3 Å². The molecule has 4 aliphatic carbocycles. The zero-order chi connectivity index (χ0) is 28.0. The van der Waals surface area contributed by atoms with Crippen LogP contribution in [0.15, 0.2) is 29.2 Å². The molecule has 9 atom stereocenters. The SMILES string of the molecule is CC[C@H]1CC2C3CC[C@H]([C@H](C)CCC(=O)NS(=O)(=O)c4cccc(OC)c4)[C@@]3(C)CCC2[C@@]2(C)CCCC[C@@H]12. The van der Waals surface area contributed by atoms with Gasteiger partial charge in [0.05, 0.1) is 12.0 Å². The molecule has 0 heterocycles. The van der Waals surface area contributed by atoms with E-state index in [0.29, 0.717) is 28.4 Å². The largest absolute Gasteiger partial charge is 0.497 e. The fraction of sp³-hybridized carbons (Fsp3) is 0.788. The molecular weight excluding hydrogens is 506 g/mol. The van der Waals surface area contributed by atoms with Gasteiger partial charge in [0.1, 0.15) is 5.75 Å². The summed E-state index contributed by atoms with van der Waals surface area (Å²) in [6.45, 7) is 9.99. The first-order valence-corrected chi connectivity index (χ1v) is 17.2. The summed E-state index contributed by atoms with van der Waals surface area (Å²) in [4.78, 5) is 12.8. The Morgan fingerprint density at radius 1 is 1.05 bits per heavy atom. The molecule has 5 rings (SSSR count). The molecule has 1 N–H and O–H groups in total. The third kappa shape index (κ3) is 5.17. The molecule has 0 spiro atoms. The first-order chi connectivity index (χ1) is 18.5. The van der Waals surface area contributed by atoms with E-state index in [1.807, 2.05) is 0 Å². The minimum atomic E-state index is -3.91. The molecular formula is C33H51NO4S. The zero-order valence-corrected chi connectivity index (χ0v) is 25.7. The number of hydrogen-bond donors (Lipinski definition) is 1. The smallest absolute Gasteiger partial charge is 0.264 e. The number of fused-ring (bicyclic) bond motifs is 5. The molecule has 5 nitrogen and oxygen atoms in total. The van der Waals surface area contributed by atoms with Gasteiger partial charge in [0.2, 0.25) is 5.91 Å². The number of amides is 1. The fourth-order valence-electron chi connectivity index (χ4n) is 10.6. The lowest BCUT2D eigenvalue weighted by Gasteiger charge is -2.63. The van der Waals surface area contributed by atoms with E-state index in [0.717, 1.165) is 36.0 Å². The minimum absolute atomic E-state index is 0.0536. The van der Waals surface area contributed by atoms with Crippen LogP contribution in [0.2, 0.25) is 0 Å². The Balaban J connectivity index is 1.23. The van der Waals surface area contributed by atoms with Crippen molar-refractivity contribution in [3.8, 4) is 5.75 Å². The maximum atomic E-state index is 12.8. The summed E-state index contributed by atoms with van der Waals surface area (Å²) in [5, 5.41) is 0. The van der Waals surface area contributed by atoms with E-state index in [1.165, 1.54) is 83.5 Å². The molecule has 1 aromatic rings. The molecule has 0 saturated heterocycles. The van der Waals surface area contributed by atoms with Crippen molar-refractivity contribution in [2.24, 2.45) is 52.3 Å². The van der Waals surface area contributed by atoms with Crippen LogP contribution in [0.1, 0.15) is 105 Å². The van der Waals surface area contributed by atoms with Gasteiger partial charge in [0.15, 0.2) is 0 Å². The third-order valence-corrected chi connectivity index (χ3v) is 13.8. The molecule has 4 saturated carbocycles. The standard InChI is InChI=1S/C33H51NO4S/c1-6-23-20-26-29-15-14-27(33(29,4)19-17-30(26)32(3)18-8-7-12-28(23)32)22(2)13-16-31(35)34-39(36,37)25-11-9-10-24(21-25)38-5/h9-11,21-23,26-30H,6-8,12-20H2,1-5H3,(H,34,35)/t22-,23+,26?,27-,28+,29?,30?,32+,33-/m1/s1. The Hall–Kier alpha value is -1.56. The summed E-state index contributed by atoms with van der Waals surface area (Å²) in [7, 11) is -2.41. The molecule has 6 heteroatoms. The summed E-state index contributed by atoms with van der Waals surface area (Å²) in [5.41, 5.74) is 0.888. The van der Waals surface area contributed by atoms with Gasteiger partial charge in [0.25, 0.3) is 10.0 Å². The lowest BCUT2D eigenvalue weighted by atomic mass is 9.42. The predicted octanol–water partition coefficient (Wildman–Crippen LogP) is 7.60. The Morgan fingerprint density at radius 3 is 2.56 bits per heavy atom. The van der Waals surface area contributed by atoms with Crippen molar-refractivity contribution in [1.82, 2.24) is 4.72 Å². The summed E-state index contributed by atoms with van der Waals surface area (Å²) in [5.74, 6) is 5.45. The highest BCUT2D eigenvalue weighted by Gasteiger charge is 2.61. The van der Waals surface area contributed by atoms with Crippen LogP contribution >= 0.6 is 0 Å². The number of ether oxygens (including phenoxy) is 1. The predicted molar refractivity (Wildman–Crippen MR) is 156 cm³/mol. The van der Waals surface area contributed by atoms with Gasteiger partial charge < -0.3 is 4.74 Å². The van der Waals surface area contributed by atoms with Crippen LogP contribution < -0.4 is 9.46 Å². The maximum absolute atomic E-state index is 12.8. The highest BCUT2D eigenvalue weighted by atomic mass is 32.2. The van der Waals surface area contributed by atoms with Gasteiger partial charge in [-0.2, -0.15) is 0 Å². The van der Waals surface area contributed by atoms with Crippen molar-refractivity contribution >= 4 is 15.9 Å². The number of hydrogen-bond acceptors (Lipinski definition) is 4. The molecule has 0 aromatic heterocycles. The average molecular weight is 558 g/mol. The summed E-state index contributed by atoms with van der Waals surface area (Å²) >= 11 is 0. The molecule has 1 aromatic carbocycles. The molecule has 0 bridgehead atoms. The number of carbonyl (C=O) groups excluding carboxylic acids is 1. The maximum Gasteiger partial charge on any atom is 0.264 e. The second kappa shape index (κ2) is 11.0. The van der Waals surface area contributed by atoms with Crippen molar-refractivity contribution < 1.29 is 17.9 Å². The Bertz CT molecular complexity index is 1150. The van der Waals surface area contributed by atoms with E-state index in [2.05, 4.69) is 32.4 Å². The van der Waals surface area contributed by atoms with E-state index in [4.69, 9.17) is 4.74 Å². The highest BCUT2D eigenvalue weighted by Crippen LogP contribution is 2.69. The molecule has 0 aliphatic heterocycles. The van der Waals surface area contributed by atoms with Crippen LogP contribution in [0.3, 0.4) is 0 Å². The summed E-state index contributed by atoms with van der Waals surface area (Å²) in [6.07, 6.45) is 14.8. The summed E-state index contributed by atoms with van der Waals surface area (Å²) in [6, 6.07) is 6.24. The summed E-state index contributed by atoms with van der Waals surface area (Å²) < 4.78 is 33.0. The number of benzene rings is 1. The quantitative estimate of drug-likeness (QED) is 0.357. The third-order valence-electron chi connectivity index (χ3n) is 12.5. The highest BCUT2D eigenvalue weighted by molar-refractivity contribution is 7.90. The Labute approximate surface area is 237 Å². The van der Waals surface area contributed by atoms with E-state index in [9.17, 15) is 13.2 Å². The van der Waals surface area contributed by atoms with Crippen LogP contribution in [-0.4, -0.2) is 21.4 Å². The van der Waals surface area contributed by atoms with E-state index < -0.39 is 15.9 Å². The van der Waals surface area contributed by atoms with Crippen molar-refractivity contribution in [3.05, 3.63) is 24.3 Å². The number of rotatable bonds is 8. The lowest BCUT2D eigenvalue weighted by molar-refractivity contribution is -0.138. The Morgan fingerprint density at radius 2 is 1.82 bits per heavy atom. The molecule has 3 unspecified atom stereocenters. The van der Waals surface area contributed by atoms with Gasteiger partial charge in [-0.25, -0.2) is 13.1 Å². The molecule has 218 valence electrons. The molecule has 4 fully saturated rings. The van der Waals surface area contributed by atoms with Crippen LogP contribution in [-0.2, 0) is 14.8 Å². The fourth-order valence-corrected chi connectivity index (χ4v) is 11.6. The molecule has 39 heavy (non-hydrogen) atoms. The van der Waals surface area contributed by atoms with Gasteiger partial charge in [-0.15, -0.1) is 0 Å². The van der Waals surface area contributed by atoms with Crippen molar-refractivity contribution in [3.63, 3.8) is 0 Å². The monoisotopic (exact) mass is 557 g/mol. The van der Waals surface area contributed by atoms with E-state index >= 15 is 0 Å². The van der Waals surface area contributed by atoms with E-state index in [1.54, 1.807) is 12.1 Å². The van der Waals surface area contributed by atoms with Crippen LogP contribution in [0, 0.1) is 52.3 Å². The molecule has 4 aliphatic rings. The van der Waals surface area contributed by atoms with Gasteiger partial charge in [-0.05, 0) is 116 Å². The number of sulfonamides is 1. The molecule has 1 amide bonds. The first-order valence-electron chi connectivity index (χ1n) is 15.7. The van der Waals surface area contributed by atoms with Crippen LogP contribution in [0.25, 0.3) is 0 Å². The normalized spacial score (nSPS) is 38.7. The topological polar surface area (TPSA) is 72.5 Å². The minimum Gasteiger partial charge on any atom is -0.497 e.